The van der Waals surface area contributed by atoms with Gasteiger partial charge in [-0.2, -0.15) is 0 Å². The molecule has 2 unspecified atom stereocenters. The van der Waals surface area contributed by atoms with Crippen molar-refractivity contribution in [1.82, 2.24) is 15.5 Å². The fourth-order valence-electron chi connectivity index (χ4n) is 2.50. The molecule has 4 N–H and O–H groups in total. The molecule has 124 valence electrons. The highest BCUT2D eigenvalue weighted by Crippen LogP contribution is 2.18. The summed E-state index contributed by atoms with van der Waals surface area (Å²) in [7, 11) is 0. The van der Waals surface area contributed by atoms with Gasteiger partial charge in [-0.3, -0.25) is 15.0 Å². The number of amides is 3. The molecule has 0 bridgehead atoms. The largest absolute Gasteiger partial charge is 0.338 e. The molecule has 0 aliphatic carbocycles. The normalized spacial score (nSPS) is 20.5. The van der Waals surface area contributed by atoms with Crippen LogP contribution in [0.4, 0.5) is 4.79 Å². The smallest absolute Gasteiger partial charge is 0.321 e. The van der Waals surface area contributed by atoms with Crippen molar-refractivity contribution in [2.45, 2.75) is 52.1 Å². The first kappa shape index (κ1) is 20.1. The predicted octanol–water partition coefficient (Wildman–Crippen LogP) is 1.09. The van der Waals surface area contributed by atoms with Gasteiger partial charge < -0.3 is 11.1 Å². The van der Waals surface area contributed by atoms with Crippen molar-refractivity contribution in [2.24, 2.45) is 11.7 Å². The van der Waals surface area contributed by atoms with E-state index in [4.69, 9.17) is 5.73 Å². The molecule has 1 fully saturated rings. The van der Waals surface area contributed by atoms with Gasteiger partial charge >= 0.3 is 6.03 Å². The SMILES string of the molecule is CC(C)CNC(=O)NC(=O)CN1CCCCC1C(C)N.Cl. The van der Waals surface area contributed by atoms with Gasteiger partial charge in [-0.15, -0.1) is 12.4 Å². The third-order valence-electron chi connectivity index (χ3n) is 3.54. The number of rotatable bonds is 5. The highest BCUT2D eigenvalue weighted by molar-refractivity contribution is 5.95. The van der Waals surface area contributed by atoms with Crippen LogP contribution in [-0.4, -0.2) is 48.6 Å². The molecule has 1 saturated heterocycles. The molecular weight excluding hydrogens is 292 g/mol. The number of halogens is 1. The standard InChI is InChI=1S/C14H28N4O2.ClH/c1-10(2)8-16-14(20)17-13(19)9-18-7-5-4-6-12(18)11(3)15;/h10-12H,4-9,15H2,1-3H3,(H2,16,17,19,20);1H. The molecule has 21 heavy (non-hydrogen) atoms. The van der Waals surface area contributed by atoms with Gasteiger partial charge in [0, 0.05) is 18.6 Å². The van der Waals surface area contributed by atoms with Gasteiger partial charge in [0.05, 0.1) is 6.54 Å². The van der Waals surface area contributed by atoms with Crippen LogP contribution in [0.15, 0.2) is 0 Å². The minimum Gasteiger partial charge on any atom is -0.338 e. The third kappa shape index (κ3) is 7.64. The summed E-state index contributed by atoms with van der Waals surface area (Å²) in [6.07, 6.45) is 3.25. The van der Waals surface area contributed by atoms with Crippen LogP contribution in [0.25, 0.3) is 0 Å². The van der Waals surface area contributed by atoms with E-state index in [1.165, 1.54) is 0 Å². The van der Waals surface area contributed by atoms with E-state index in [0.29, 0.717) is 12.5 Å². The van der Waals surface area contributed by atoms with Crippen molar-refractivity contribution < 1.29 is 9.59 Å². The lowest BCUT2D eigenvalue weighted by molar-refractivity contribution is -0.122. The zero-order valence-electron chi connectivity index (χ0n) is 13.2. The highest BCUT2D eigenvalue weighted by atomic mass is 35.5. The first-order valence-electron chi connectivity index (χ1n) is 7.47. The maximum absolute atomic E-state index is 11.9. The molecule has 0 radical (unpaired) electrons. The third-order valence-corrected chi connectivity index (χ3v) is 3.54. The van der Waals surface area contributed by atoms with Crippen LogP contribution < -0.4 is 16.4 Å². The van der Waals surface area contributed by atoms with E-state index in [-0.39, 0.29) is 36.9 Å². The lowest BCUT2D eigenvalue weighted by atomic mass is 9.97. The van der Waals surface area contributed by atoms with Crippen molar-refractivity contribution in [3.63, 3.8) is 0 Å². The van der Waals surface area contributed by atoms with Crippen LogP contribution in [-0.2, 0) is 4.79 Å². The number of piperidine rings is 1. The van der Waals surface area contributed by atoms with Crippen LogP contribution in [0.2, 0.25) is 0 Å². The number of hydrogen-bond acceptors (Lipinski definition) is 4. The molecule has 7 heteroatoms. The number of carbonyl (C=O) groups excluding carboxylic acids is 2. The summed E-state index contributed by atoms with van der Waals surface area (Å²) < 4.78 is 0. The number of nitrogens with two attached hydrogens (primary N) is 1. The molecular formula is C14H29ClN4O2. The zero-order valence-corrected chi connectivity index (χ0v) is 14.0. The predicted molar refractivity (Wildman–Crippen MR) is 86.5 cm³/mol. The summed E-state index contributed by atoms with van der Waals surface area (Å²) in [4.78, 5) is 25.5. The van der Waals surface area contributed by atoms with Gasteiger partial charge in [-0.05, 0) is 32.2 Å². The molecule has 0 aromatic rings. The Kier molecular flexibility index (Phi) is 9.57. The summed E-state index contributed by atoms with van der Waals surface area (Å²) in [5.41, 5.74) is 5.96. The van der Waals surface area contributed by atoms with Gasteiger partial charge in [0.1, 0.15) is 0 Å². The van der Waals surface area contributed by atoms with E-state index in [1.807, 2.05) is 20.8 Å². The Morgan fingerprint density at radius 1 is 1.29 bits per heavy atom. The van der Waals surface area contributed by atoms with E-state index in [0.717, 1.165) is 25.8 Å². The Labute approximate surface area is 133 Å². The summed E-state index contributed by atoms with van der Waals surface area (Å²) in [6, 6.07) is -0.149. The van der Waals surface area contributed by atoms with E-state index in [1.54, 1.807) is 0 Å². The quantitative estimate of drug-likeness (QED) is 0.707. The van der Waals surface area contributed by atoms with E-state index in [2.05, 4.69) is 15.5 Å². The van der Waals surface area contributed by atoms with Crippen molar-refractivity contribution in [3.8, 4) is 0 Å². The average Bonchev–Trinajstić information content (AvgIpc) is 2.36. The Balaban J connectivity index is 0.00000400. The zero-order chi connectivity index (χ0) is 15.1. The van der Waals surface area contributed by atoms with Crippen molar-refractivity contribution in [3.05, 3.63) is 0 Å². The van der Waals surface area contributed by atoms with E-state index < -0.39 is 6.03 Å². The summed E-state index contributed by atoms with van der Waals surface area (Å²) >= 11 is 0. The lowest BCUT2D eigenvalue weighted by Crippen LogP contribution is -2.53. The maximum Gasteiger partial charge on any atom is 0.321 e. The molecule has 1 aliphatic rings. The second-order valence-electron chi connectivity index (χ2n) is 6.04. The Morgan fingerprint density at radius 3 is 2.52 bits per heavy atom. The molecule has 1 heterocycles. The van der Waals surface area contributed by atoms with Crippen molar-refractivity contribution >= 4 is 24.3 Å². The number of carbonyl (C=O) groups is 2. The first-order chi connectivity index (χ1) is 9.40. The monoisotopic (exact) mass is 320 g/mol. The Hall–Kier alpha value is -0.850. The molecule has 1 rings (SSSR count). The summed E-state index contributed by atoms with van der Waals surface area (Å²) in [6.45, 7) is 7.64. The number of urea groups is 1. The highest BCUT2D eigenvalue weighted by Gasteiger charge is 2.27. The van der Waals surface area contributed by atoms with Crippen LogP contribution in [0.3, 0.4) is 0 Å². The summed E-state index contributed by atoms with van der Waals surface area (Å²) in [5.74, 6) is 0.0965. The molecule has 0 aromatic heterocycles. The molecule has 0 saturated carbocycles. The topological polar surface area (TPSA) is 87.5 Å². The van der Waals surface area contributed by atoms with Gasteiger partial charge in [-0.1, -0.05) is 20.3 Å². The van der Waals surface area contributed by atoms with Gasteiger partial charge in [0.25, 0.3) is 0 Å². The fourth-order valence-corrected chi connectivity index (χ4v) is 2.50. The Bertz CT molecular complexity index is 337. The molecule has 1 aliphatic heterocycles. The van der Waals surface area contributed by atoms with E-state index in [9.17, 15) is 9.59 Å². The second-order valence-corrected chi connectivity index (χ2v) is 6.04. The number of imide groups is 1. The molecule has 3 amide bonds. The molecule has 0 aromatic carbocycles. The van der Waals surface area contributed by atoms with Crippen LogP contribution >= 0.6 is 12.4 Å². The Morgan fingerprint density at radius 2 is 1.95 bits per heavy atom. The summed E-state index contributed by atoms with van der Waals surface area (Å²) in [5, 5.41) is 5.04. The van der Waals surface area contributed by atoms with Crippen LogP contribution in [0.5, 0.6) is 0 Å². The van der Waals surface area contributed by atoms with E-state index >= 15 is 0 Å². The molecule has 2 atom stereocenters. The fraction of sp³-hybridized carbons (Fsp3) is 0.857. The molecule has 6 nitrogen and oxygen atoms in total. The maximum atomic E-state index is 11.9. The molecule has 0 spiro atoms. The van der Waals surface area contributed by atoms with Crippen LogP contribution in [0.1, 0.15) is 40.0 Å². The minimum absolute atomic E-state index is 0. The van der Waals surface area contributed by atoms with Gasteiger partial charge in [0.2, 0.25) is 5.91 Å². The number of nitrogens with one attached hydrogen (secondary N) is 2. The number of nitrogens with zero attached hydrogens (tertiary/aromatic N) is 1. The van der Waals surface area contributed by atoms with Gasteiger partial charge in [-0.25, -0.2) is 4.79 Å². The van der Waals surface area contributed by atoms with Gasteiger partial charge in [0.15, 0.2) is 0 Å². The van der Waals surface area contributed by atoms with Crippen LogP contribution in [0, 0.1) is 5.92 Å². The first-order valence-corrected chi connectivity index (χ1v) is 7.47. The second kappa shape index (κ2) is 9.97. The van der Waals surface area contributed by atoms with Crippen molar-refractivity contribution in [1.29, 1.82) is 0 Å². The number of hydrogen-bond donors (Lipinski definition) is 3. The van der Waals surface area contributed by atoms with Crippen molar-refractivity contribution in [2.75, 3.05) is 19.6 Å². The lowest BCUT2D eigenvalue weighted by Gasteiger charge is -2.37. The number of likely N-dealkylation sites (tertiary alicyclic amines) is 1. The average molecular weight is 321 g/mol. The minimum atomic E-state index is -0.418.